The molecular formula is C28H58N2O3Si2. The maximum absolute atomic E-state index is 6.87. The van der Waals surface area contributed by atoms with E-state index in [-0.39, 0.29) is 28.4 Å². The molecule has 1 aliphatic heterocycles. The van der Waals surface area contributed by atoms with Gasteiger partial charge in [0.2, 0.25) is 0 Å². The minimum atomic E-state index is -1.88. The molecule has 0 aromatic rings. The summed E-state index contributed by atoms with van der Waals surface area (Å²) in [6, 6.07) is 0. The summed E-state index contributed by atoms with van der Waals surface area (Å²) in [6.45, 7) is 32.5. The van der Waals surface area contributed by atoms with E-state index in [1.807, 2.05) is 6.92 Å². The van der Waals surface area contributed by atoms with Crippen molar-refractivity contribution in [3.05, 3.63) is 12.2 Å². The van der Waals surface area contributed by atoms with E-state index in [4.69, 9.17) is 19.4 Å². The third kappa shape index (κ3) is 10.1. The second-order valence-electron chi connectivity index (χ2n) is 13.8. The van der Waals surface area contributed by atoms with Crippen LogP contribution in [0, 0.1) is 5.92 Å². The maximum atomic E-state index is 6.87. The van der Waals surface area contributed by atoms with E-state index < -0.39 is 16.6 Å². The van der Waals surface area contributed by atoms with Crippen molar-refractivity contribution in [3.63, 3.8) is 0 Å². The van der Waals surface area contributed by atoms with Gasteiger partial charge in [-0.05, 0) is 93.2 Å². The number of nitrogens with two attached hydrogens (primary N) is 1. The van der Waals surface area contributed by atoms with Gasteiger partial charge in [0.1, 0.15) is 0 Å². The second kappa shape index (κ2) is 12.9. The molecule has 35 heavy (non-hydrogen) atoms. The minimum absolute atomic E-state index is 0.131. The van der Waals surface area contributed by atoms with Crippen LogP contribution >= 0.6 is 0 Å². The molecule has 1 aliphatic rings. The van der Waals surface area contributed by atoms with E-state index in [0.29, 0.717) is 5.92 Å². The fourth-order valence-electron chi connectivity index (χ4n) is 3.95. The highest BCUT2D eigenvalue weighted by Gasteiger charge is 2.40. The fraction of sp³-hybridized carbons (Fsp3) is 0.893. The Hall–Kier alpha value is -0.476. The van der Waals surface area contributed by atoms with Crippen LogP contribution in [0.2, 0.25) is 36.3 Å². The Labute approximate surface area is 219 Å². The highest BCUT2D eigenvalue weighted by molar-refractivity contribution is 6.74. The lowest BCUT2D eigenvalue weighted by molar-refractivity contribution is 0.0307. The van der Waals surface area contributed by atoms with Gasteiger partial charge in [-0.15, -0.1) is 0 Å². The van der Waals surface area contributed by atoms with Gasteiger partial charge in [-0.1, -0.05) is 55.0 Å². The zero-order chi connectivity index (χ0) is 27.2. The van der Waals surface area contributed by atoms with Crippen molar-refractivity contribution < 1.29 is 13.6 Å². The minimum Gasteiger partial charge on any atom is -0.417 e. The molecule has 0 saturated carbocycles. The number of ether oxygens (including phenoxy) is 1. The van der Waals surface area contributed by atoms with E-state index in [0.717, 1.165) is 50.8 Å². The van der Waals surface area contributed by atoms with Crippen molar-refractivity contribution in [2.45, 2.75) is 148 Å². The van der Waals surface area contributed by atoms with Crippen molar-refractivity contribution >= 4 is 22.3 Å². The summed E-state index contributed by atoms with van der Waals surface area (Å²) in [6.07, 6.45) is 6.49. The maximum Gasteiger partial charge on any atom is 0.192 e. The molecule has 0 spiro atoms. The largest absolute Gasteiger partial charge is 0.417 e. The summed E-state index contributed by atoms with van der Waals surface area (Å²) < 4.78 is 19.7. The standard InChI is InChI=1S/C28H58N2O3Si2/c1-21(23(3)30-29)19-25(33-35(12,13)28(7,8)9)16-17-26-22(2)20-24(32-26)15-14-18-31-34(10,11)27(4,5)6/h21,24-26H,2,14-20,29H2,1,3-13H3/t21?,24-,25?,26-/m0/s1. The summed E-state index contributed by atoms with van der Waals surface area (Å²) in [5.41, 5.74) is 2.22. The van der Waals surface area contributed by atoms with E-state index in [1.165, 1.54) is 5.57 Å². The van der Waals surface area contributed by atoms with Crippen LogP contribution in [-0.2, 0) is 13.6 Å². The van der Waals surface area contributed by atoms with Gasteiger partial charge in [-0.25, -0.2) is 0 Å². The average Bonchev–Trinajstić information content (AvgIpc) is 3.06. The number of rotatable bonds is 13. The third-order valence-electron chi connectivity index (χ3n) is 8.79. The van der Waals surface area contributed by atoms with E-state index in [2.05, 4.69) is 86.3 Å². The number of hydrogen-bond acceptors (Lipinski definition) is 5. The van der Waals surface area contributed by atoms with Crippen molar-refractivity contribution in [3.8, 4) is 0 Å². The third-order valence-corrected chi connectivity index (χ3v) is 17.9. The van der Waals surface area contributed by atoms with Gasteiger partial charge in [0.25, 0.3) is 0 Å². The molecule has 0 bridgehead atoms. The Balaban J connectivity index is 2.66. The molecule has 2 N–H and O–H groups in total. The Morgan fingerprint density at radius 3 is 2.17 bits per heavy atom. The summed E-state index contributed by atoms with van der Waals surface area (Å²) in [7, 11) is -3.56. The van der Waals surface area contributed by atoms with Gasteiger partial charge in [0, 0.05) is 18.4 Å². The second-order valence-corrected chi connectivity index (χ2v) is 23.4. The summed E-state index contributed by atoms with van der Waals surface area (Å²) in [4.78, 5) is 0. The fourth-order valence-corrected chi connectivity index (χ4v) is 6.43. The van der Waals surface area contributed by atoms with Gasteiger partial charge >= 0.3 is 0 Å². The van der Waals surface area contributed by atoms with Crippen molar-refractivity contribution in [2.75, 3.05) is 6.61 Å². The molecule has 4 atom stereocenters. The monoisotopic (exact) mass is 526 g/mol. The normalized spacial score (nSPS) is 22.5. The molecule has 1 fully saturated rings. The highest BCUT2D eigenvalue weighted by atomic mass is 28.4. The number of hydrazone groups is 1. The topological polar surface area (TPSA) is 66.1 Å². The molecule has 1 rings (SSSR count). The van der Waals surface area contributed by atoms with Gasteiger partial charge in [-0.3, -0.25) is 0 Å². The molecule has 206 valence electrons. The first kappa shape index (κ1) is 32.6. The van der Waals surface area contributed by atoms with Crippen LogP contribution in [0.1, 0.15) is 93.9 Å². The lowest BCUT2D eigenvalue weighted by Crippen LogP contribution is -2.44. The average molecular weight is 527 g/mol. The SMILES string of the molecule is C=C1C[C@H](CCCO[Si](C)(C)C(C)(C)C)O[C@H]1CCC(CC(C)C(C)=NN)O[Si](C)(C)C(C)(C)C. The molecule has 1 heterocycles. The number of hydrogen-bond donors (Lipinski definition) is 1. The van der Waals surface area contributed by atoms with Gasteiger partial charge < -0.3 is 19.4 Å². The first-order chi connectivity index (χ1) is 15.8. The molecular weight excluding hydrogens is 468 g/mol. The van der Waals surface area contributed by atoms with Crippen LogP contribution in [0.3, 0.4) is 0 Å². The van der Waals surface area contributed by atoms with Crippen LogP contribution in [0.5, 0.6) is 0 Å². The Bertz CT molecular complexity index is 708. The van der Waals surface area contributed by atoms with Gasteiger partial charge in [0.05, 0.1) is 12.2 Å². The molecule has 0 aromatic heterocycles. The first-order valence-corrected chi connectivity index (χ1v) is 19.5. The molecule has 2 unspecified atom stereocenters. The predicted molar refractivity (Wildman–Crippen MR) is 157 cm³/mol. The lowest BCUT2D eigenvalue weighted by Gasteiger charge is -2.40. The van der Waals surface area contributed by atoms with Crippen LogP contribution in [0.4, 0.5) is 0 Å². The molecule has 5 nitrogen and oxygen atoms in total. The molecule has 0 radical (unpaired) electrons. The Kier molecular flexibility index (Phi) is 12.0. The molecule has 0 aromatic carbocycles. The van der Waals surface area contributed by atoms with Crippen molar-refractivity contribution in [2.24, 2.45) is 16.9 Å². The summed E-state index contributed by atoms with van der Waals surface area (Å²) >= 11 is 0. The predicted octanol–water partition coefficient (Wildman–Crippen LogP) is 8.03. The molecule has 7 heteroatoms. The zero-order valence-electron chi connectivity index (χ0n) is 25.2. The van der Waals surface area contributed by atoms with Crippen LogP contribution in [0.15, 0.2) is 17.3 Å². The lowest BCUT2D eigenvalue weighted by atomic mass is 9.95. The Morgan fingerprint density at radius 2 is 1.66 bits per heavy atom. The van der Waals surface area contributed by atoms with Crippen molar-refractivity contribution in [1.82, 2.24) is 0 Å². The van der Waals surface area contributed by atoms with E-state index >= 15 is 0 Å². The van der Waals surface area contributed by atoms with Crippen LogP contribution < -0.4 is 5.84 Å². The van der Waals surface area contributed by atoms with Gasteiger partial charge in [-0.2, -0.15) is 5.10 Å². The molecule has 1 saturated heterocycles. The summed E-state index contributed by atoms with van der Waals surface area (Å²) in [5.74, 6) is 5.87. The number of nitrogens with zero attached hydrogens (tertiary/aromatic N) is 1. The smallest absolute Gasteiger partial charge is 0.192 e. The quantitative estimate of drug-likeness (QED) is 0.0658. The zero-order valence-corrected chi connectivity index (χ0v) is 27.2. The van der Waals surface area contributed by atoms with Crippen LogP contribution in [-0.4, -0.2) is 47.3 Å². The summed E-state index contributed by atoms with van der Waals surface area (Å²) in [5, 5.41) is 4.37. The first-order valence-electron chi connectivity index (χ1n) is 13.7. The van der Waals surface area contributed by atoms with Gasteiger partial charge in [0.15, 0.2) is 16.6 Å². The van der Waals surface area contributed by atoms with Crippen LogP contribution in [0.25, 0.3) is 0 Å². The highest BCUT2D eigenvalue weighted by Crippen LogP contribution is 2.40. The van der Waals surface area contributed by atoms with Crippen molar-refractivity contribution in [1.29, 1.82) is 0 Å². The van der Waals surface area contributed by atoms with E-state index in [1.54, 1.807) is 0 Å². The molecule has 0 aliphatic carbocycles. The molecule has 0 amide bonds. The van der Waals surface area contributed by atoms with E-state index in [9.17, 15) is 0 Å². The Morgan fingerprint density at radius 1 is 1.09 bits per heavy atom.